The van der Waals surface area contributed by atoms with Crippen LogP contribution in [0.15, 0.2) is 11.5 Å². The molecule has 1 rings (SSSR count). The molecule has 0 saturated carbocycles. The lowest BCUT2D eigenvalue weighted by Gasteiger charge is -2.25. The lowest BCUT2D eigenvalue weighted by atomic mass is 10.4. The van der Waals surface area contributed by atoms with E-state index in [1.807, 2.05) is 11.8 Å². The summed E-state index contributed by atoms with van der Waals surface area (Å²) >= 11 is 1.88. The first-order chi connectivity index (χ1) is 6.29. The quantitative estimate of drug-likeness (QED) is 0.690. The van der Waals surface area contributed by atoms with Crippen molar-refractivity contribution in [1.82, 2.24) is 4.90 Å². The first-order valence-electron chi connectivity index (χ1n) is 4.89. The van der Waals surface area contributed by atoms with Gasteiger partial charge in [0.05, 0.1) is 13.2 Å². The van der Waals surface area contributed by atoms with Crippen molar-refractivity contribution in [3.05, 3.63) is 11.5 Å². The van der Waals surface area contributed by atoms with Crippen molar-refractivity contribution in [2.75, 3.05) is 32.8 Å². The fourth-order valence-electron chi connectivity index (χ4n) is 1.19. The Bertz CT molecular complexity index is 153. The molecule has 0 amide bonds. The molecule has 0 bridgehead atoms. The summed E-state index contributed by atoms with van der Waals surface area (Å²) in [5, 5.41) is 2.90. The molecule has 1 aliphatic rings. The Morgan fingerprint density at radius 2 is 2.08 bits per heavy atom. The molecule has 1 aliphatic heterocycles. The molecule has 0 aromatic rings. The second-order valence-corrected chi connectivity index (χ2v) is 4.96. The van der Waals surface area contributed by atoms with Crippen molar-refractivity contribution in [2.24, 2.45) is 0 Å². The van der Waals surface area contributed by atoms with Gasteiger partial charge < -0.3 is 4.74 Å². The van der Waals surface area contributed by atoms with Crippen LogP contribution in [0.1, 0.15) is 13.8 Å². The average molecular weight is 201 g/mol. The van der Waals surface area contributed by atoms with Gasteiger partial charge in [-0.2, -0.15) is 0 Å². The minimum atomic E-state index is 0.695. The molecule has 2 nitrogen and oxygen atoms in total. The summed E-state index contributed by atoms with van der Waals surface area (Å²) in [6.07, 6.45) is 2.25. The monoisotopic (exact) mass is 201 g/mol. The van der Waals surface area contributed by atoms with Gasteiger partial charge in [-0.1, -0.05) is 19.9 Å². The summed E-state index contributed by atoms with van der Waals surface area (Å²) in [5.41, 5.74) is 0. The van der Waals surface area contributed by atoms with Crippen molar-refractivity contribution in [2.45, 2.75) is 19.1 Å². The first kappa shape index (κ1) is 11.1. The molecule has 13 heavy (non-hydrogen) atoms. The first-order valence-corrected chi connectivity index (χ1v) is 5.84. The van der Waals surface area contributed by atoms with Crippen LogP contribution in [0.25, 0.3) is 0 Å². The predicted molar refractivity (Wildman–Crippen MR) is 59.1 cm³/mol. The van der Waals surface area contributed by atoms with Crippen LogP contribution in [0.3, 0.4) is 0 Å². The molecule has 0 radical (unpaired) electrons. The lowest BCUT2D eigenvalue weighted by Crippen LogP contribution is -2.36. The Balaban J connectivity index is 2.06. The van der Waals surface area contributed by atoms with Crippen LogP contribution in [0.5, 0.6) is 0 Å². The maximum atomic E-state index is 5.27. The van der Waals surface area contributed by atoms with Crippen LogP contribution in [0.4, 0.5) is 0 Å². The van der Waals surface area contributed by atoms with Gasteiger partial charge in [-0.05, 0) is 5.41 Å². The van der Waals surface area contributed by atoms with Gasteiger partial charge in [-0.15, -0.1) is 11.8 Å². The van der Waals surface area contributed by atoms with Crippen molar-refractivity contribution in [3.8, 4) is 0 Å². The maximum absolute atomic E-state index is 5.27. The molecule has 0 spiro atoms. The average Bonchev–Trinajstić information content (AvgIpc) is 2.14. The fraction of sp³-hybridized carbons (Fsp3) is 0.800. The fourth-order valence-corrected chi connectivity index (χ4v) is 1.70. The molecule has 1 fully saturated rings. The number of hydrogen-bond donors (Lipinski definition) is 0. The summed E-state index contributed by atoms with van der Waals surface area (Å²) in [6.45, 7) is 9.44. The van der Waals surface area contributed by atoms with E-state index < -0.39 is 0 Å². The Hall–Kier alpha value is 0.01000. The summed E-state index contributed by atoms with van der Waals surface area (Å²) in [4.78, 5) is 2.42. The van der Waals surface area contributed by atoms with Gasteiger partial charge in [-0.3, -0.25) is 4.90 Å². The molecule has 0 aromatic heterocycles. The third-order valence-corrected chi connectivity index (χ3v) is 2.81. The Kier molecular flexibility index (Phi) is 5.51. The van der Waals surface area contributed by atoms with Crippen molar-refractivity contribution >= 4 is 11.8 Å². The molecular formula is C10H19NOS. The van der Waals surface area contributed by atoms with Crippen LogP contribution in [0, 0.1) is 0 Å². The highest BCUT2D eigenvalue weighted by molar-refractivity contribution is 8.02. The van der Waals surface area contributed by atoms with E-state index in [0.29, 0.717) is 5.25 Å². The summed E-state index contributed by atoms with van der Waals surface area (Å²) < 4.78 is 5.27. The standard InChI is InChI=1S/C10H19NOS/c1-10(2)13-9-3-4-11-5-7-12-8-6-11/h3,9-10H,4-8H2,1-2H3/b9-3+. The van der Waals surface area contributed by atoms with E-state index in [4.69, 9.17) is 4.74 Å². The highest BCUT2D eigenvalue weighted by Crippen LogP contribution is 2.10. The van der Waals surface area contributed by atoms with E-state index in [1.54, 1.807) is 0 Å². The SMILES string of the molecule is CC(C)S/C=C/CN1CCOCC1. The predicted octanol–water partition coefficient (Wildman–Crippen LogP) is 1.97. The van der Waals surface area contributed by atoms with E-state index in [-0.39, 0.29) is 0 Å². The Labute approximate surface area is 85.3 Å². The Morgan fingerprint density at radius 3 is 2.69 bits per heavy atom. The molecule has 0 unspecified atom stereocenters. The normalized spacial score (nSPS) is 20.2. The maximum Gasteiger partial charge on any atom is 0.0594 e. The Morgan fingerprint density at radius 1 is 1.38 bits per heavy atom. The highest BCUT2D eigenvalue weighted by atomic mass is 32.2. The van der Waals surface area contributed by atoms with E-state index in [1.165, 1.54) is 0 Å². The molecule has 1 heterocycles. The molecule has 0 atom stereocenters. The van der Waals surface area contributed by atoms with E-state index in [9.17, 15) is 0 Å². The van der Waals surface area contributed by atoms with Crippen LogP contribution in [0.2, 0.25) is 0 Å². The largest absolute Gasteiger partial charge is 0.379 e. The zero-order chi connectivity index (χ0) is 9.52. The topological polar surface area (TPSA) is 12.5 Å². The van der Waals surface area contributed by atoms with E-state index in [2.05, 4.69) is 30.2 Å². The van der Waals surface area contributed by atoms with Crippen molar-refractivity contribution < 1.29 is 4.74 Å². The van der Waals surface area contributed by atoms with Gasteiger partial charge in [0.15, 0.2) is 0 Å². The van der Waals surface area contributed by atoms with E-state index in [0.717, 1.165) is 32.8 Å². The number of rotatable bonds is 4. The van der Waals surface area contributed by atoms with Gasteiger partial charge in [-0.25, -0.2) is 0 Å². The summed E-state index contributed by atoms with van der Waals surface area (Å²) in [5.74, 6) is 0. The van der Waals surface area contributed by atoms with Crippen LogP contribution < -0.4 is 0 Å². The van der Waals surface area contributed by atoms with Crippen LogP contribution in [-0.2, 0) is 4.74 Å². The van der Waals surface area contributed by atoms with Crippen LogP contribution >= 0.6 is 11.8 Å². The van der Waals surface area contributed by atoms with Gasteiger partial charge in [0.25, 0.3) is 0 Å². The van der Waals surface area contributed by atoms with Crippen LogP contribution in [-0.4, -0.2) is 43.0 Å². The van der Waals surface area contributed by atoms with E-state index >= 15 is 0 Å². The molecule has 0 N–H and O–H groups in total. The molecule has 1 saturated heterocycles. The molecular weight excluding hydrogens is 182 g/mol. The number of thioether (sulfide) groups is 1. The molecule has 3 heteroatoms. The van der Waals surface area contributed by atoms with Crippen molar-refractivity contribution in [1.29, 1.82) is 0 Å². The third-order valence-electron chi connectivity index (χ3n) is 1.91. The zero-order valence-electron chi connectivity index (χ0n) is 8.53. The second-order valence-electron chi connectivity index (χ2n) is 3.47. The smallest absolute Gasteiger partial charge is 0.0594 e. The van der Waals surface area contributed by atoms with Gasteiger partial charge in [0.1, 0.15) is 0 Å². The molecule has 0 aliphatic carbocycles. The summed E-state index contributed by atoms with van der Waals surface area (Å²) in [7, 11) is 0. The summed E-state index contributed by atoms with van der Waals surface area (Å²) in [6, 6.07) is 0. The minimum absolute atomic E-state index is 0.695. The van der Waals surface area contributed by atoms with Gasteiger partial charge in [0, 0.05) is 24.9 Å². The number of hydrogen-bond acceptors (Lipinski definition) is 3. The third kappa shape index (κ3) is 5.34. The highest BCUT2D eigenvalue weighted by Gasteiger charge is 2.07. The number of ether oxygens (including phenoxy) is 1. The molecule has 0 aromatic carbocycles. The number of nitrogens with zero attached hydrogens (tertiary/aromatic N) is 1. The number of morpholine rings is 1. The minimum Gasteiger partial charge on any atom is -0.379 e. The molecule has 76 valence electrons. The lowest BCUT2D eigenvalue weighted by molar-refractivity contribution is 0.0434. The zero-order valence-corrected chi connectivity index (χ0v) is 9.35. The van der Waals surface area contributed by atoms with Crippen molar-refractivity contribution in [3.63, 3.8) is 0 Å². The van der Waals surface area contributed by atoms with Gasteiger partial charge >= 0.3 is 0 Å². The second kappa shape index (κ2) is 6.46. The van der Waals surface area contributed by atoms with Gasteiger partial charge in [0.2, 0.25) is 0 Å².